The van der Waals surface area contributed by atoms with Crippen LogP contribution in [0.3, 0.4) is 0 Å². The third kappa shape index (κ3) is 3.32. The Kier molecular flexibility index (Phi) is 5.04. The number of nitrogens with one attached hydrogen (secondary N) is 3. The zero-order valence-corrected chi connectivity index (χ0v) is 12.6. The zero-order valence-electron chi connectivity index (χ0n) is 12.6. The van der Waals surface area contributed by atoms with Gasteiger partial charge in [0, 0.05) is 36.7 Å². The number of aromatic nitrogens is 1. The van der Waals surface area contributed by atoms with Gasteiger partial charge in [-0.15, -0.1) is 0 Å². The fraction of sp³-hybridized carbons (Fsp3) is 0.438. The van der Waals surface area contributed by atoms with E-state index in [0.29, 0.717) is 0 Å². The molecular weight excluding hydrogens is 248 g/mol. The lowest BCUT2D eigenvalue weighted by atomic mass is 10.1. The molecule has 0 saturated carbocycles. The maximum atomic E-state index is 4.22. The Hall–Kier alpha value is -1.97. The molecule has 0 saturated heterocycles. The molecule has 0 fully saturated rings. The van der Waals surface area contributed by atoms with Crippen molar-refractivity contribution in [1.29, 1.82) is 0 Å². The lowest BCUT2D eigenvalue weighted by molar-refractivity contribution is 0.773. The first-order chi connectivity index (χ1) is 9.76. The number of para-hydroxylation sites is 1. The molecule has 0 radical (unpaired) electrons. The van der Waals surface area contributed by atoms with E-state index in [4.69, 9.17) is 0 Å². The standard InChI is InChI=1S/C16H24N4/c1-4-10-18-16(17-3)19-11-9-13-12(2)20-15-8-6-5-7-14(13)15/h5-8,20H,4,9-11H2,1-3H3,(H2,17,18,19). The molecule has 0 amide bonds. The molecule has 0 aliphatic carbocycles. The topological polar surface area (TPSA) is 52.2 Å². The van der Waals surface area contributed by atoms with Gasteiger partial charge in [-0.05, 0) is 31.4 Å². The number of nitrogens with zero attached hydrogens (tertiary/aromatic N) is 1. The van der Waals surface area contributed by atoms with Crippen LogP contribution in [0.25, 0.3) is 10.9 Å². The van der Waals surface area contributed by atoms with Gasteiger partial charge in [-0.25, -0.2) is 0 Å². The van der Waals surface area contributed by atoms with Gasteiger partial charge in [0.15, 0.2) is 5.96 Å². The molecule has 2 aromatic rings. The van der Waals surface area contributed by atoms with Gasteiger partial charge < -0.3 is 15.6 Å². The molecule has 0 spiro atoms. The zero-order chi connectivity index (χ0) is 14.4. The number of benzene rings is 1. The maximum Gasteiger partial charge on any atom is 0.190 e. The molecule has 4 nitrogen and oxygen atoms in total. The van der Waals surface area contributed by atoms with Crippen molar-refractivity contribution in [3.63, 3.8) is 0 Å². The Morgan fingerprint density at radius 1 is 1.20 bits per heavy atom. The van der Waals surface area contributed by atoms with E-state index in [0.717, 1.165) is 31.9 Å². The molecule has 2 rings (SSSR count). The van der Waals surface area contributed by atoms with Crippen LogP contribution >= 0.6 is 0 Å². The van der Waals surface area contributed by atoms with Crippen molar-refractivity contribution in [2.24, 2.45) is 4.99 Å². The van der Waals surface area contributed by atoms with Gasteiger partial charge in [0.2, 0.25) is 0 Å². The van der Waals surface area contributed by atoms with Crippen LogP contribution in [-0.2, 0) is 6.42 Å². The molecular formula is C16H24N4. The van der Waals surface area contributed by atoms with Crippen molar-refractivity contribution in [2.45, 2.75) is 26.7 Å². The van der Waals surface area contributed by atoms with E-state index in [-0.39, 0.29) is 0 Å². The van der Waals surface area contributed by atoms with Crippen molar-refractivity contribution in [1.82, 2.24) is 15.6 Å². The van der Waals surface area contributed by atoms with E-state index in [1.165, 1.54) is 22.2 Å². The van der Waals surface area contributed by atoms with Crippen LogP contribution in [0.15, 0.2) is 29.3 Å². The van der Waals surface area contributed by atoms with E-state index in [2.05, 4.69) is 58.7 Å². The van der Waals surface area contributed by atoms with Crippen LogP contribution in [0.4, 0.5) is 0 Å². The van der Waals surface area contributed by atoms with Crippen molar-refractivity contribution >= 4 is 16.9 Å². The average molecular weight is 272 g/mol. The molecule has 3 N–H and O–H groups in total. The minimum Gasteiger partial charge on any atom is -0.358 e. The Morgan fingerprint density at radius 2 is 1.95 bits per heavy atom. The number of fused-ring (bicyclic) bond motifs is 1. The third-order valence-corrected chi connectivity index (χ3v) is 3.46. The molecule has 0 aliphatic rings. The largest absolute Gasteiger partial charge is 0.358 e. The normalized spacial score (nSPS) is 11.8. The number of rotatable bonds is 5. The van der Waals surface area contributed by atoms with Crippen molar-refractivity contribution in [2.75, 3.05) is 20.1 Å². The summed E-state index contributed by atoms with van der Waals surface area (Å²) in [4.78, 5) is 7.66. The van der Waals surface area contributed by atoms with Gasteiger partial charge in [0.25, 0.3) is 0 Å². The van der Waals surface area contributed by atoms with Gasteiger partial charge in [-0.2, -0.15) is 0 Å². The molecule has 1 heterocycles. The van der Waals surface area contributed by atoms with Gasteiger partial charge in [-0.3, -0.25) is 4.99 Å². The van der Waals surface area contributed by atoms with E-state index in [1.807, 2.05) is 7.05 Å². The van der Waals surface area contributed by atoms with Gasteiger partial charge in [0.1, 0.15) is 0 Å². The fourth-order valence-electron chi connectivity index (χ4n) is 2.43. The monoisotopic (exact) mass is 272 g/mol. The summed E-state index contributed by atoms with van der Waals surface area (Å²) >= 11 is 0. The molecule has 20 heavy (non-hydrogen) atoms. The number of guanidine groups is 1. The highest BCUT2D eigenvalue weighted by Gasteiger charge is 2.07. The molecule has 1 aromatic carbocycles. The van der Waals surface area contributed by atoms with Crippen LogP contribution in [0, 0.1) is 6.92 Å². The first-order valence-corrected chi connectivity index (χ1v) is 7.27. The maximum absolute atomic E-state index is 4.22. The summed E-state index contributed by atoms with van der Waals surface area (Å²) in [5, 5.41) is 7.96. The number of aromatic amines is 1. The predicted octanol–water partition coefficient (Wildman–Crippen LogP) is 2.59. The number of hydrogen-bond acceptors (Lipinski definition) is 1. The lowest BCUT2D eigenvalue weighted by Gasteiger charge is -2.11. The fourth-order valence-corrected chi connectivity index (χ4v) is 2.43. The summed E-state index contributed by atoms with van der Waals surface area (Å²) in [5.41, 5.74) is 3.86. The molecule has 4 heteroatoms. The SMILES string of the molecule is CCCNC(=NC)NCCc1c(C)[nH]c2ccccc12. The summed E-state index contributed by atoms with van der Waals surface area (Å²) < 4.78 is 0. The molecule has 108 valence electrons. The molecule has 0 unspecified atom stereocenters. The van der Waals surface area contributed by atoms with Crippen molar-refractivity contribution in [3.05, 3.63) is 35.5 Å². The highest BCUT2D eigenvalue weighted by atomic mass is 15.2. The van der Waals surface area contributed by atoms with E-state index in [1.54, 1.807) is 0 Å². The summed E-state index contributed by atoms with van der Waals surface area (Å²) in [6.45, 7) is 6.12. The average Bonchev–Trinajstić information content (AvgIpc) is 2.78. The number of hydrogen-bond donors (Lipinski definition) is 3. The Morgan fingerprint density at radius 3 is 2.70 bits per heavy atom. The molecule has 1 aromatic heterocycles. The second-order valence-electron chi connectivity index (χ2n) is 4.95. The smallest absolute Gasteiger partial charge is 0.190 e. The molecule has 0 atom stereocenters. The minimum atomic E-state index is 0.879. The highest BCUT2D eigenvalue weighted by molar-refractivity contribution is 5.84. The Labute approximate surface area is 120 Å². The Bertz CT molecular complexity index is 583. The lowest BCUT2D eigenvalue weighted by Crippen LogP contribution is -2.38. The summed E-state index contributed by atoms with van der Waals surface area (Å²) in [6, 6.07) is 8.46. The van der Waals surface area contributed by atoms with E-state index >= 15 is 0 Å². The van der Waals surface area contributed by atoms with Crippen molar-refractivity contribution < 1.29 is 0 Å². The number of H-pyrrole nitrogens is 1. The first kappa shape index (κ1) is 14.4. The second kappa shape index (κ2) is 6.98. The van der Waals surface area contributed by atoms with Crippen LogP contribution in [0.2, 0.25) is 0 Å². The van der Waals surface area contributed by atoms with Gasteiger partial charge >= 0.3 is 0 Å². The summed E-state index contributed by atoms with van der Waals surface area (Å²) in [6.07, 6.45) is 2.09. The van der Waals surface area contributed by atoms with Gasteiger partial charge in [0.05, 0.1) is 0 Å². The van der Waals surface area contributed by atoms with E-state index in [9.17, 15) is 0 Å². The summed E-state index contributed by atoms with van der Waals surface area (Å²) in [7, 11) is 1.81. The van der Waals surface area contributed by atoms with E-state index < -0.39 is 0 Å². The van der Waals surface area contributed by atoms with Gasteiger partial charge in [-0.1, -0.05) is 25.1 Å². The molecule has 0 bridgehead atoms. The third-order valence-electron chi connectivity index (χ3n) is 3.46. The molecule has 0 aliphatic heterocycles. The van der Waals surface area contributed by atoms with Crippen LogP contribution in [0.1, 0.15) is 24.6 Å². The van der Waals surface area contributed by atoms with Crippen LogP contribution < -0.4 is 10.6 Å². The quantitative estimate of drug-likeness (QED) is 0.579. The highest BCUT2D eigenvalue weighted by Crippen LogP contribution is 2.21. The first-order valence-electron chi connectivity index (χ1n) is 7.27. The minimum absolute atomic E-state index is 0.879. The summed E-state index contributed by atoms with van der Waals surface area (Å²) in [5.74, 6) is 0.879. The number of aryl methyl sites for hydroxylation is 1. The number of aliphatic imine (C=N–C) groups is 1. The predicted molar refractivity (Wildman–Crippen MR) is 86.4 cm³/mol. The van der Waals surface area contributed by atoms with Crippen molar-refractivity contribution in [3.8, 4) is 0 Å². The second-order valence-corrected chi connectivity index (χ2v) is 4.95. The van der Waals surface area contributed by atoms with Crippen LogP contribution in [-0.4, -0.2) is 31.1 Å². The Balaban J connectivity index is 1.97. The van der Waals surface area contributed by atoms with Crippen LogP contribution in [0.5, 0.6) is 0 Å².